The van der Waals surface area contributed by atoms with Gasteiger partial charge in [-0.2, -0.15) is 0 Å². The molecule has 24 heavy (non-hydrogen) atoms. The molecule has 2 rings (SSSR count). The predicted octanol–water partition coefficient (Wildman–Crippen LogP) is 3.27. The van der Waals surface area contributed by atoms with E-state index in [-0.39, 0.29) is 5.78 Å². The second-order valence-electron chi connectivity index (χ2n) is 5.38. The number of benzene rings is 2. The Balaban J connectivity index is 2.10. The highest BCUT2D eigenvalue weighted by Crippen LogP contribution is 2.19. The zero-order valence-electron chi connectivity index (χ0n) is 13.7. The highest BCUT2D eigenvalue weighted by atomic mass is 32.2. The molecule has 2 aromatic carbocycles. The first-order valence-electron chi connectivity index (χ1n) is 7.23. The molecule has 0 bridgehead atoms. The minimum Gasteiger partial charge on any atom is -0.496 e. The van der Waals surface area contributed by atoms with Crippen LogP contribution < -0.4 is 9.46 Å². The number of carbonyl (C=O) groups excluding carboxylic acids is 1. The van der Waals surface area contributed by atoms with Gasteiger partial charge in [-0.3, -0.25) is 9.52 Å². The molecule has 126 valence electrons. The van der Waals surface area contributed by atoms with Crippen molar-refractivity contribution in [1.82, 2.24) is 0 Å². The van der Waals surface area contributed by atoms with Crippen molar-refractivity contribution in [3.8, 4) is 5.75 Å². The van der Waals surface area contributed by atoms with Crippen LogP contribution in [0.3, 0.4) is 0 Å². The summed E-state index contributed by atoms with van der Waals surface area (Å²) >= 11 is 0. The summed E-state index contributed by atoms with van der Waals surface area (Å²) in [6, 6.07) is 11.9. The first kappa shape index (κ1) is 17.7. The SMILES string of the molecule is COc1ccc(/C=C/C(=O)c2ccc(NS(C)(=O)=O)cc2)cc1C. The molecular formula is C18H19NO4S. The predicted molar refractivity (Wildman–Crippen MR) is 96.0 cm³/mol. The van der Waals surface area contributed by atoms with Crippen LogP contribution in [0.2, 0.25) is 0 Å². The molecule has 0 heterocycles. The number of ether oxygens (including phenoxy) is 1. The van der Waals surface area contributed by atoms with Crippen molar-refractivity contribution in [1.29, 1.82) is 0 Å². The molecule has 0 aliphatic carbocycles. The summed E-state index contributed by atoms with van der Waals surface area (Å²) in [6.07, 6.45) is 4.29. The number of hydrogen-bond acceptors (Lipinski definition) is 4. The number of rotatable bonds is 6. The molecule has 0 aliphatic heterocycles. The van der Waals surface area contributed by atoms with E-state index in [1.165, 1.54) is 6.08 Å². The van der Waals surface area contributed by atoms with Gasteiger partial charge in [0.1, 0.15) is 5.75 Å². The van der Waals surface area contributed by atoms with Crippen LogP contribution in [0.25, 0.3) is 6.08 Å². The van der Waals surface area contributed by atoms with E-state index in [2.05, 4.69) is 4.72 Å². The normalized spacial score (nSPS) is 11.5. The van der Waals surface area contributed by atoms with Crippen LogP contribution in [-0.4, -0.2) is 27.6 Å². The Morgan fingerprint density at radius 2 is 1.79 bits per heavy atom. The number of anilines is 1. The van der Waals surface area contributed by atoms with Gasteiger partial charge in [-0.05, 0) is 60.5 Å². The van der Waals surface area contributed by atoms with Crippen LogP contribution >= 0.6 is 0 Å². The van der Waals surface area contributed by atoms with Crippen LogP contribution in [0.4, 0.5) is 5.69 Å². The summed E-state index contributed by atoms with van der Waals surface area (Å²) < 4.78 is 29.9. The van der Waals surface area contributed by atoms with Crippen molar-refractivity contribution < 1.29 is 17.9 Å². The van der Waals surface area contributed by atoms with E-state index < -0.39 is 10.0 Å². The lowest BCUT2D eigenvalue weighted by Gasteiger charge is -2.05. The van der Waals surface area contributed by atoms with Crippen LogP contribution in [0.15, 0.2) is 48.5 Å². The third-order valence-corrected chi connectivity index (χ3v) is 3.93. The number of methoxy groups -OCH3 is 1. The first-order valence-corrected chi connectivity index (χ1v) is 9.12. The fourth-order valence-electron chi connectivity index (χ4n) is 2.19. The van der Waals surface area contributed by atoms with Crippen molar-refractivity contribution in [2.75, 3.05) is 18.1 Å². The smallest absolute Gasteiger partial charge is 0.229 e. The van der Waals surface area contributed by atoms with E-state index in [1.807, 2.05) is 25.1 Å². The van der Waals surface area contributed by atoms with Crippen LogP contribution in [0.1, 0.15) is 21.5 Å². The zero-order chi connectivity index (χ0) is 17.7. The fraction of sp³-hybridized carbons (Fsp3) is 0.167. The Bertz CT molecular complexity index is 868. The molecule has 0 atom stereocenters. The number of hydrogen-bond donors (Lipinski definition) is 1. The molecule has 6 heteroatoms. The number of allylic oxidation sites excluding steroid dienone is 1. The summed E-state index contributed by atoms with van der Waals surface area (Å²) in [5.41, 5.74) is 2.79. The lowest BCUT2D eigenvalue weighted by atomic mass is 10.1. The van der Waals surface area contributed by atoms with Gasteiger partial charge in [0.15, 0.2) is 5.78 Å². The van der Waals surface area contributed by atoms with Gasteiger partial charge in [0.05, 0.1) is 13.4 Å². The number of sulfonamides is 1. The molecule has 0 radical (unpaired) electrons. The molecule has 0 spiro atoms. The van der Waals surface area contributed by atoms with E-state index in [0.29, 0.717) is 11.3 Å². The van der Waals surface area contributed by atoms with Crippen molar-refractivity contribution in [2.45, 2.75) is 6.92 Å². The molecule has 5 nitrogen and oxygen atoms in total. The minimum atomic E-state index is -3.33. The Morgan fingerprint density at radius 3 is 2.33 bits per heavy atom. The first-order chi connectivity index (χ1) is 11.3. The second-order valence-corrected chi connectivity index (χ2v) is 7.13. The number of carbonyl (C=O) groups is 1. The standard InChI is InChI=1S/C18H19NO4S/c1-13-12-14(5-11-18(13)23-2)4-10-17(20)15-6-8-16(9-7-15)19-24(3,21)22/h4-12,19H,1-3H3/b10-4+. The van der Waals surface area contributed by atoms with Gasteiger partial charge < -0.3 is 4.74 Å². The van der Waals surface area contributed by atoms with Gasteiger partial charge >= 0.3 is 0 Å². The van der Waals surface area contributed by atoms with Gasteiger partial charge in [-0.25, -0.2) is 8.42 Å². The number of nitrogens with one attached hydrogen (secondary N) is 1. The zero-order valence-corrected chi connectivity index (χ0v) is 14.6. The summed E-state index contributed by atoms with van der Waals surface area (Å²) in [5.74, 6) is 0.641. The van der Waals surface area contributed by atoms with Crippen molar-refractivity contribution in [2.24, 2.45) is 0 Å². The third-order valence-electron chi connectivity index (χ3n) is 3.32. The van der Waals surface area contributed by atoms with Gasteiger partial charge in [0.25, 0.3) is 0 Å². The maximum Gasteiger partial charge on any atom is 0.229 e. The molecular weight excluding hydrogens is 326 g/mol. The Morgan fingerprint density at radius 1 is 1.12 bits per heavy atom. The second kappa shape index (κ2) is 7.31. The van der Waals surface area contributed by atoms with Gasteiger partial charge in [-0.1, -0.05) is 12.1 Å². The van der Waals surface area contributed by atoms with E-state index in [9.17, 15) is 13.2 Å². The Kier molecular flexibility index (Phi) is 5.41. The maximum atomic E-state index is 12.2. The van der Waals surface area contributed by atoms with Crippen molar-refractivity contribution in [3.05, 3.63) is 65.2 Å². The average molecular weight is 345 g/mol. The highest BCUT2D eigenvalue weighted by molar-refractivity contribution is 7.92. The van der Waals surface area contributed by atoms with E-state index in [1.54, 1.807) is 37.5 Å². The fourth-order valence-corrected chi connectivity index (χ4v) is 2.75. The van der Waals surface area contributed by atoms with Gasteiger partial charge in [0.2, 0.25) is 10.0 Å². The largest absolute Gasteiger partial charge is 0.496 e. The lowest BCUT2D eigenvalue weighted by molar-refractivity contribution is 0.104. The molecule has 0 aromatic heterocycles. The minimum absolute atomic E-state index is 0.158. The summed E-state index contributed by atoms with van der Waals surface area (Å²) in [7, 11) is -1.71. The van der Waals surface area contributed by atoms with E-state index in [0.717, 1.165) is 23.1 Å². The highest BCUT2D eigenvalue weighted by Gasteiger charge is 2.05. The van der Waals surface area contributed by atoms with Crippen LogP contribution in [-0.2, 0) is 10.0 Å². The van der Waals surface area contributed by atoms with E-state index >= 15 is 0 Å². The lowest BCUT2D eigenvalue weighted by Crippen LogP contribution is -2.09. The average Bonchev–Trinajstić information content (AvgIpc) is 2.52. The van der Waals surface area contributed by atoms with Gasteiger partial charge in [-0.15, -0.1) is 0 Å². The molecule has 0 fully saturated rings. The summed E-state index contributed by atoms with van der Waals surface area (Å²) in [6.45, 7) is 1.94. The van der Waals surface area contributed by atoms with Crippen molar-refractivity contribution >= 4 is 27.6 Å². The number of aryl methyl sites for hydroxylation is 1. The summed E-state index contributed by atoms with van der Waals surface area (Å²) in [4.78, 5) is 12.2. The Labute approximate surface area is 142 Å². The topological polar surface area (TPSA) is 72.5 Å². The number of ketones is 1. The van der Waals surface area contributed by atoms with E-state index in [4.69, 9.17) is 4.74 Å². The van der Waals surface area contributed by atoms with Crippen LogP contribution in [0, 0.1) is 6.92 Å². The molecule has 2 aromatic rings. The van der Waals surface area contributed by atoms with Crippen LogP contribution in [0.5, 0.6) is 5.75 Å². The quantitative estimate of drug-likeness (QED) is 0.644. The molecule has 0 saturated carbocycles. The molecule has 0 saturated heterocycles. The molecule has 0 unspecified atom stereocenters. The molecule has 0 aliphatic rings. The van der Waals surface area contributed by atoms with Crippen molar-refractivity contribution in [3.63, 3.8) is 0 Å². The summed E-state index contributed by atoms with van der Waals surface area (Å²) in [5, 5.41) is 0. The monoisotopic (exact) mass is 345 g/mol. The third kappa shape index (κ3) is 4.96. The Hall–Kier alpha value is -2.60. The van der Waals surface area contributed by atoms with Gasteiger partial charge in [0, 0.05) is 11.3 Å². The molecule has 1 N–H and O–H groups in total. The molecule has 0 amide bonds. The maximum absolute atomic E-state index is 12.2.